The van der Waals surface area contributed by atoms with Gasteiger partial charge in [0.1, 0.15) is 17.7 Å². The van der Waals surface area contributed by atoms with Gasteiger partial charge < -0.3 is 5.32 Å². The van der Waals surface area contributed by atoms with E-state index in [0.29, 0.717) is 22.6 Å². The largest absolute Gasteiger partial charge is 0.339 e. The minimum absolute atomic E-state index is 0.292. The van der Waals surface area contributed by atoms with Crippen molar-refractivity contribution in [3.8, 4) is 6.07 Å². The van der Waals surface area contributed by atoms with Crippen LogP contribution in [0.1, 0.15) is 11.1 Å². The van der Waals surface area contributed by atoms with Crippen molar-refractivity contribution < 1.29 is 4.39 Å². The summed E-state index contributed by atoms with van der Waals surface area (Å²) < 4.78 is 13.6. The smallest absolute Gasteiger partial charge is 0.149 e. The van der Waals surface area contributed by atoms with Crippen molar-refractivity contribution >= 4 is 22.4 Å². The number of para-hydroxylation sites is 1. The number of halogens is 1. The van der Waals surface area contributed by atoms with Crippen LogP contribution in [0.3, 0.4) is 0 Å². The molecule has 3 rings (SSSR count). The number of anilines is 2. The first-order valence-corrected chi connectivity index (χ1v) is 6.51. The van der Waals surface area contributed by atoms with E-state index in [4.69, 9.17) is 0 Å². The molecule has 0 aliphatic carbocycles. The number of hydrogen-bond acceptors (Lipinski definition) is 3. The highest BCUT2D eigenvalue weighted by Gasteiger charge is 2.09. The first-order valence-electron chi connectivity index (χ1n) is 6.51. The van der Waals surface area contributed by atoms with Crippen molar-refractivity contribution in [1.29, 1.82) is 5.26 Å². The van der Waals surface area contributed by atoms with E-state index in [1.54, 1.807) is 25.1 Å². The van der Waals surface area contributed by atoms with Crippen LogP contribution in [0, 0.1) is 24.1 Å². The fourth-order valence-electron chi connectivity index (χ4n) is 2.17. The molecule has 0 aliphatic rings. The van der Waals surface area contributed by atoms with E-state index >= 15 is 0 Å². The molecule has 0 saturated carbocycles. The lowest BCUT2D eigenvalue weighted by Crippen LogP contribution is -2.00. The average molecular weight is 277 g/mol. The second-order valence-corrected chi connectivity index (χ2v) is 4.73. The maximum absolute atomic E-state index is 13.6. The number of aromatic nitrogens is 1. The highest BCUT2D eigenvalue weighted by atomic mass is 19.1. The predicted octanol–water partition coefficient (Wildman–Crippen LogP) is 4.30. The van der Waals surface area contributed by atoms with Crippen molar-refractivity contribution in [2.45, 2.75) is 6.92 Å². The number of nitriles is 1. The maximum Gasteiger partial charge on any atom is 0.149 e. The van der Waals surface area contributed by atoms with Gasteiger partial charge in [-0.25, -0.2) is 9.37 Å². The molecule has 0 radical (unpaired) electrons. The van der Waals surface area contributed by atoms with E-state index in [9.17, 15) is 9.65 Å². The molecule has 1 heterocycles. The molecule has 0 atom stereocenters. The van der Waals surface area contributed by atoms with Crippen molar-refractivity contribution in [3.05, 3.63) is 65.5 Å². The van der Waals surface area contributed by atoms with Gasteiger partial charge in [-0.05, 0) is 31.2 Å². The van der Waals surface area contributed by atoms with Gasteiger partial charge in [0.05, 0.1) is 11.1 Å². The van der Waals surface area contributed by atoms with Crippen molar-refractivity contribution in [3.63, 3.8) is 0 Å². The summed E-state index contributed by atoms with van der Waals surface area (Å²) in [5.41, 5.74) is 2.32. The van der Waals surface area contributed by atoms with Crippen LogP contribution in [0.15, 0.2) is 48.5 Å². The number of hydrogen-bond donors (Lipinski definition) is 1. The Morgan fingerprint density at radius 3 is 2.76 bits per heavy atom. The summed E-state index contributed by atoms with van der Waals surface area (Å²) in [7, 11) is 0. The van der Waals surface area contributed by atoms with Crippen LogP contribution in [-0.4, -0.2) is 4.98 Å². The van der Waals surface area contributed by atoms with Gasteiger partial charge in [-0.1, -0.05) is 24.3 Å². The van der Waals surface area contributed by atoms with Crippen LogP contribution >= 0.6 is 0 Å². The lowest BCUT2D eigenvalue weighted by Gasteiger charge is -2.11. The van der Waals surface area contributed by atoms with Gasteiger partial charge >= 0.3 is 0 Å². The molecule has 0 bridgehead atoms. The van der Waals surface area contributed by atoms with E-state index in [2.05, 4.69) is 16.4 Å². The standard InChI is InChI=1S/C17H12FN3/c1-11-14(18)6-4-8-15(11)20-17-13(10-19)9-12-5-2-3-7-16(12)21-17/h2-9H,1H3,(H,20,21). The normalized spacial score (nSPS) is 10.3. The third kappa shape index (κ3) is 2.41. The SMILES string of the molecule is Cc1c(F)cccc1Nc1nc2ccccc2cc1C#N. The number of rotatable bonds is 2. The fourth-order valence-corrected chi connectivity index (χ4v) is 2.17. The molecule has 3 aromatic rings. The zero-order valence-electron chi connectivity index (χ0n) is 11.4. The molecule has 0 spiro atoms. The van der Waals surface area contributed by atoms with Gasteiger partial charge in [-0.15, -0.1) is 0 Å². The Balaban J connectivity index is 2.11. The molecule has 0 aliphatic heterocycles. The molecule has 0 unspecified atom stereocenters. The van der Waals surface area contributed by atoms with Gasteiger partial charge in [0.2, 0.25) is 0 Å². The molecule has 1 aromatic heterocycles. The van der Waals surface area contributed by atoms with Crippen LogP contribution in [0.2, 0.25) is 0 Å². The zero-order valence-corrected chi connectivity index (χ0v) is 11.4. The Morgan fingerprint density at radius 1 is 1.14 bits per heavy atom. The quantitative estimate of drug-likeness (QED) is 0.759. The molecule has 102 valence electrons. The number of benzene rings is 2. The van der Waals surface area contributed by atoms with Crippen LogP contribution in [0.4, 0.5) is 15.9 Å². The molecule has 0 saturated heterocycles. The summed E-state index contributed by atoms with van der Waals surface area (Å²) in [6.45, 7) is 1.69. The van der Waals surface area contributed by atoms with Crippen LogP contribution in [0.25, 0.3) is 10.9 Å². The summed E-state index contributed by atoms with van der Waals surface area (Å²) in [4.78, 5) is 4.46. The lowest BCUT2D eigenvalue weighted by atomic mass is 10.1. The highest BCUT2D eigenvalue weighted by molar-refractivity contribution is 5.83. The zero-order chi connectivity index (χ0) is 14.8. The second-order valence-electron chi connectivity index (χ2n) is 4.73. The first kappa shape index (κ1) is 13.1. The Bertz CT molecular complexity index is 866. The molecule has 0 amide bonds. The molecule has 3 nitrogen and oxygen atoms in total. The monoisotopic (exact) mass is 277 g/mol. The van der Waals surface area contributed by atoms with Crippen LogP contribution in [0.5, 0.6) is 0 Å². The second kappa shape index (κ2) is 5.22. The Labute approximate surface area is 121 Å². The molecule has 1 N–H and O–H groups in total. The highest BCUT2D eigenvalue weighted by Crippen LogP contribution is 2.25. The molecule has 21 heavy (non-hydrogen) atoms. The third-order valence-corrected chi connectivity index (χ3v) is 3.37. The average Bonchev–Trinajstić information content (AvgIpc) is 2.51. The summed E-state index contributed by atoms with van der Waals surface area (Å²) in [5, 5.41) is 13.2. The van der Waals surface area contributed by atoms with Gasteiger partial charge in [0.15, 0.2) is 0 Å². The molecule has 4 heteroatoms. The minimum Gasteiger partial charge on any atom is -0.339 e. The van der Waals surface area contributed by atoms with Gasteiger partial charge in [-0.2, -0.15) is 5.26 Å². The van der Waals surface area contributed by atoms with Crippen molar-refractivity contribution in [1.82, 2.24) is 4.98 Å². The maximum atomic E-state index is 13.6. The van der Waals surface area contributed by atoms with Gasteiger partial charge in [-0.3, -0.25) is 0 Å². The van der Waals surface area contributed by atoms with E-state index in [-0.39, 0.29) is 5.82 Å². The Morgan fingerprint density at radius 2 is 1.95 bits per heavy atom. The van der Waals surface area contributed by atoms with E-state index < -0.39 is 0 Å². The Hall–Kier alpha value is -2.93. The lowest BCUT2D eigenvalue weighted by molar-refractivity contribution is 0.619. The molecule has 0 fully saturated rings. The predicted molar refractivity (Wildman–Crippen MR) is 80.9 cm³/mol. The molecular formula is C17H12FN3. The molecular weight excluding hydrogens is 265 g/mol. The number of pyridine rings is 1. The fraction of sp³-hybridized carbons (Fsp3) is 0.0588. The number of nitrogens with zero attached hydrogens (tertiary/aromatic N) is 2. The summed E-state index contributed by atoms with van der Waals surface area (Å²) in [6.07, 6.45) is 0. The third-order valence-electron chi connectivity index (χ3n) is 3.37. The molecule has 2 aromatic carbocycles. The topological polar surface area (TPSA) is 48.7 Å². The van der Waals surface area contributed by atoms with E-state index in [0.717, 1.165) is 10.9 Å². The summed E-state index contributed by atoms with van der Waals surface area (Å²) in [5.74, 6) is 0.143. The van der Waals surface area contributed by atoms with Crippen molar-refractivity contribution in [2.24, 2.45) is 0 Å². The van der Waals surface area contributed by atoms with Crippen LogP contribution in [-0.2, 0) is 0 Å². The first-order chi connectivity index (χ1) is 10.2. The summed E-state index contributed by atoms with van der Waals surface area (Å²) >= 11 is 0. The Kier molecular flexibility index (Phi) is 3.25. The van der Waals surface area contributed by atoms with Gasteiger partial charge in [0.25, 0.3) is 0 Å². The van der Waals surface area contributed by atoms with Crippen LogP contribution < -0.4 is 5.32 Å². The van der Waals surface area contributed by atoms with E-state index in [1.165, 1.54) is 6.07 Å². The summed E-state index contributed by atoms with van der Waals surface area (Å²) in [6, 6.07) is 16.2. The number of nitrogens with one attached hydrogen (secondary N) is 1. The van der Waals surface area contributed by atoms with Crippen molar-refractivity contribution in [2.75, 3.05) is 5.32 Å². The van der Waals surface area contributed by atoms with E-state index in [1.807, 2.05) is 24.3 Å². The minimum atomic E-state index is -0.292. The number of fused-ring (bicyclic) bond motifs is 1. The van der Waals surface area contributed by atoms with Gasteiger partial charge in [0, 0.05) is 16.6 Å².